The molecule has 8 nitrogen and oxygen atoms in total. The molecule has 3 rings (SSSR count). The number of H-pyrrole nitrogens is 1. The highest BCUT2D eigenvalue weighted by Gasteiger charge is 2.18. The topological polar surface area (TPSA) is 106 Å². The number of aryl methyl sites for hydroxylation is 1. The summed E-state index contributed by atoms with van der Waals surface area (Å²) in [4.78, 5) is 28.3. The molecule has 0 aromatic carbocycles. The van der Waals surface area contributed by atoms with Gasteiger partial charge in [0.2, 0.25) is 0 Å². The van der Waals surface area contributed by atoms with E-state index in [4.69, 9.17) is 9.47 Å². The minimum atomic E-state index is -0.546. The van der Waals surface area contributed by atoms with Crippen molar-refractivity contribution in [3.8, 4) is 5.75 Å². The minimum Gasteiger partial charge on any atom is -0.483 e. The maximum Gasteiger partial charge on any atom is 0.343 e. The van der Waals surface area contributed by atoms with Gasteiger partial charge in [-0.05, 0) is 38.7 Å². The standard InChI is InChI=1S/C17H20N4O4/c1-2-24-17(23)12-9-19-21-16(12)20-15(22)10-25-14-7-8-18-13-6-4-3-5-11(13)14/h7-9H,2-6,10H2,1H3,(H2,19,20,21,22). The second-order valence-electron chi connectivity index (χ2n) is 5.66. The maximum absolute atomic E-state index is 12.1. The summed E-state index contributed by atoms with van der Waals surface area (Å²) in [6.07, 6.45) is 7.08. The lowest BCUT2D eigenvalue weighted by Gasteiger charge is -2.18. The third kappa shape index (κ3) is 3.96. The number of carbonyl (C=O) groups excluding carboxylic acids is 2. The summed E-state index contributed by atoms with van der Waals surface area (Å²) in [6, 6.07) is 1.78. The smallest absolute Gasteiger partial charge is 0.343 e. The van der Waals surface area contributed by atoms with Crippen LogP contribution in [0.25, 0.3) is 0 Å². The van der Waals surface area contributed by atoms with Crippen molar-refractivity contribution in [1.82, 2.24) is 15.2 Å². The monoisotopic (exact) mass is 344 g/mol. The molecule has 2 aromatic rings. The second kappa shape index (κ2) is 7.78. The number of hydrogen-bond donors (Lipinski definition) is 2. The first-order valence-electron chi connectivity index (χ1n) is 8.29. The van der Waals surface area contributed by atoms with Crippen LogP contribution in [0.4, 0.5) is 5.82 Å². The van der Waals surface area contributed by atoms with Crippen LogP contribution < -0.4 is 10.1 Å². The molecular formula is C17H20N4O4. The number of anilines is 1. The molecule has 132 valence electrons. The summed E-state index contributed by atoms with van der Waals surface area (Å²) < 4.78 is 10.6. The highest BCUT2D eigenvalue weighted by Crippen LogP contribution is 2.27. The number of esters is 1. The Kier molecular flexibility index (Phi) is 5.27. The fourth-order valence-corrected chi connectivity index (χ4v) is 2.79. The lowest BCUT2D eigenvalue weighted by atomic mass is 9.95. The molecule has 0 spiro atoms. The predicted molar refractivity (Wildman–Crippen MR) is 89.5 cm³/mol. The number of aromatic nitrogens is 3. The van der Waals surface area contributed by atoms with E-state index < -0.39 is 11.9 Å². The van der Waals surface area contributed by atoms with E-state index in [1.807, 2.05) is 0 Å². The summed E-state index contributed by atoms with van der Waals surface area (Å²) in [5.41, 5.74) is 2.30. The molecule has 25 heavy (non-hydrogen) atoms. The molecule has 8 heteroatoms. The van der Waals surface area contributed by atoms with E-state index in [2.05, 4.69) is 20.5 Å². The molecule has 1 aliphatic carbocycles. The number of aromatic amines is 1. The number of hydrogen-bond acceptors (Lipinski definition) is 6. The number of carbonyl (C=O) groups is 2. The molecule has 0 saturated heterocycles. The molecule has 0 bridgehead atoms. The normalized spacial score (nSPS) is 13.0. The van der Waals surface area contributed by atoms with Crippen LogP contribution in [0.2, 0.25) is 0 Å². The van der Waals surface area contributed by atoms with Gasteiger partial charge in [-0.25, -0.2) is 4.79 Å². The van der Waals surface area contributed by atoms with Gasteiger partial charge >= 0.3 is 5.97 Å². The molecule has 1 amide bonds. The van der Waals surface area contributed by atoms with Gasteiger partial charge in [-0.3, -0.25) is 14.9 Å². The number of pyridine rings is 1. The molecule has 2 heterocycles. The first-order chi connectivity index (χ1) is 12.2. The van der Waals surface area contributed by atoms with Gasteiger partial charge < -0.3 is 14.8 Å². The molecule has 0 fully saturated rings. The largest absolute Gasteiger partial charge is 0.483 e. The number of rotatable bonds is 6. The fraction of sp³-hybridized carbons (Fsp3) is 0.412. The Morgan fingerprint density at radius 2 is 2.16 bits per heavy atom. The van der Waals surface area contributed by atoms with Crippen LogP contribution >= 0.6 is 0 Å². The molecule has 0 saturated carbocycles. The Labute approximate surface area is 144 Å². The van der Waals surface area contributed by atoms with E-state index in [1.54, 1.807) is 19.2 Å². The van der Waals surface area contributed by atoms with Crippen LogP contribution in [0.1, 0.15) is 41.4 Å². The maximum atomic E-state index is 12.1. The number of nitrogens with zero attached hydrogens (tertiary/aromatic N) is 2. The van der Waals surface area contributed by atoms with Crippen LogP contribution in [0.15, 0.2) is 18.5 Å². The second-order valence-corrected chi connectivity index (χ2v) is 5.66. The highest BCUT2D eigenvalue weighted by molar-refractivity contribution is 6.00. The molecular weight excluding hydrogens is 324 g/mol. The van der Waals surface area contributed by atoms with E-state index in [0.717, 1.165) is 36.9 Å². The van der Waals surface area contributed by atoms with Crippen LogP contribution in [0.5, 0.6) is 5.75 Å². The van der Waals surface area contributed by atoms with Crippen molar-refractivity contribution >= 4 is 17.7 Å². The van der Waals surface area contributed by atoms with Crippen LogP contribution in [-0.4, -0.2) is 40.3 Å². The highest BCUT2D eigenvalue weighted by atomic mass is 16.5. The molecule has 0 atom stereocenters. The van der Waals surface area contributed by atoms with Crippen molar-refractivity contribution in [3.05, 3.63) is 35.3 Å². The Morgan fingerprint density at radius 3 is 3.00 bits per heavy atom. The third-order valence-electron chi connectivity index (χ3n) is 3.95. The summed E-state index contributed by atoms with van der Waals surface area (Å²) in [7, 11) is 0. The fourth-order valence-electron chi connectivity index (χ4n) is 2.79. The summed E-state index contributed by atoms with van der Waals surface area (Å²) in [6.45, 7) is 1.78. The van der Waals surface area contributed by atoms with Crippen LogP contribution in [0, 0.1) is 0 Å². The van der Waals surface area contributed by atoms with Crippen molar-refractivity contribution in [3.63, 3.8) is 0 Å². The number of fused-ring (bicyclic) bond motifs is 1. The third-order valence-corrected chi connectivity index (χ3v) is 3.95. The Hall–Kier alpha value is -2.90. The van der Waals surface area contributed by atoms with Crippen LogP contribution in [-0.2, 0) is 22.4 Å². The van der Waals surface area contributed by atoms with Gasteiger partial charge in [0, 0.05) is 17.5 Å². The molecule has 0 aliphatic heterocycles. The number of amides is 1. The van der Waals surface area contributed by atoms with Crippen molar-refractivity contribution in [1.29, 1.82) is 0 Å². The Morgan fingerprint density at radius 1 is 1.32 bits per heavy atom. The van der Waals surface area contributed by atoms with Gasteiger partial charge in [-0.1, -0.05) is 0 Å². The van der Waals surface area contributed by atoms with Gasteiger partial charge in [0.05, 0.1) is 12.8 Å². The lowest BCUT2D eigenvalue weighted by Crippen LogP contribution is -2.22. The summed E-state index contributed by atoms with van der Waals surface area (Å²) >= 11 is 0. The van der Waals surface area contributed by atoms with E-state index in [9.17, 15) is 9.59 Å². The summed E-state index contributed by atoms with van der Waals surface area (Å²) in [5.74, 6) is -0.0503. The Balaban J connectivity index is 1.61. The molecule has 2 N–H and O–H groups in total. The van der Waals surface area contributed by atoms with E-state index in [-0.39, 0.29) is 24.6 Å². The van der Waals surface area contributed by atoms with Gasteiger partial charge in [0.25, 0.3) is 5.91 Å². The van der Waals surface area contributed by atoms with E-state index >= 15 is 0 Å². The molecule has 0 unspecified atom stereocenters. The van der Waals surface area contributed by atoms with Crippen molar-refractivity contribution < 1.29 is 19.1 Å². The van der Waals surface area contributed by atoms with E-state index in [0.29, 0.717) is 5.75 Å². The summed E-state index contributed by atoms with van der Waals surface area (Å²) in [5, 5.41) is 8.92. The van der Waals surface area contributed by atoms with Crippen molar-refractivity contribution in [2.75, 3.05) is 18.5 Å². The van der Waals surface area contributed by atoms with Gasteiger partial charge in [0.15, 0.2) is 6.61 Å². The average Bonchev–Trinajstić information content (AvgIpc) is 3.08. The zero-order valence-corrected chi connectivity index (χ0v) is 14.0. The van der Waals surface area contributed by atoms with Gasteiger partial charge in [-0.15, -0.1) is 0 Å². The van der Waals surface area contributed by atoms with Crippen LogP contribution in [0.3, 0.4) is 0 Å². The number of nitrogens with one attached hydrogen (secondary N) is 2. The quantitative estimate of drug-likeness (QED) is 0.775. The van der Waals surface area contributed by atoms with E-state index in [1.165, 1.54) is 6.20 Å². The van der Waals surface area contributed by atoms with Gasteiger partial charge in [-0.2, -0.15) is 5.10 Å². The molecule has 0 radical (unpaired) electrons. The molecule has 1 aliphatic rings. The number of ether oxygens (including phenoxy) is 2. The van der Waals surface area contributed by atoms with Crippen molar-refractivity contribution in [2.45, 2.75) is 32.6 Å². The predicted octanol–water partition coefficient (Wildman–Crippen LogP) is 1.88. The average molecular weight is 344 g/mol. The molecule has 2 aromatic heterocycles. The lowest BCUT2D eigenvalue weighted by molar-refractivity contribution is -0.118. The Bertz CT molecular complexity index is 772. The SMILES string of the molecule is CCOC(=O)c1cn[nH]c1NC(=O)COc1ccnc2c1CCCC2. The zero-order valence-electron chi connectivity index (χ0n) is 14.0. The van der Waals surface area contributed by atoms with Crippen molar-refractivity contribution in [2.24, 2.45) is 0 Å². The first-order valence-corrected chi connectivity index (χ1v) is 8.29. The minimum absolute atomic E-state index is 0.169. The van der Waals surface area contributed by atoms with Gasteiger partial charge in [0.1, 0.15) is 17.1 Å². The zero-order chi connectivity index (χ0) is 17.6. The first kappa shape index (κ1) is 16.9.